The lowest BCUT2D eigenvalue weighted by Gasteiger charge is -2.37. The van der Waals surface area contributed by atoms with Gasteiger partial charge in [0, 0.05) is 30.5 Å². The van der Waals surface area contributed by atoms with Gasteiger partial charge in [0.15, 0.2) is 0 Å². The number of halogens is 1. The van der Waals surface area contributed by atoms with Crippen LogP contribution in [-0.4, -0.2) is 32.2 Å². The van der Waals surface area contributed by atoms with Crippen LogP contribution in [0.25, 0.3) is 11.3 Å². The number of aromatic nitrogens is 3. The van der Waals surface area contributed by atoms with Gasteiger partial charge in [-0.1, -0.05) is 30.3 Å². The molecule has 3 heterocycles. The second kappa shape index (κ2) is 7.52. The Morgan fingerprint density at radius 3 is 2.64 bits per heavy atom. The number of benzene rings is 1. The predicted molar refractivity (Wildman–Crippen MR) is 105 cm³/mol. The summed E-state index contributed by atoms with van der Waals surface area (Å²) in [5.41, 5.74) is 0.593. The van der Waals surface area contributed by atoms with Crippen LogP contribution in [0, 0.1) is 5.82 Å². The fourth-order valence-corrected chi connectivity index (χ4v) is 3.54. The monoisotopic (exact) mass is 380 g/mol. The second-order valence-corrected chi connectivity index (χ2v) is 6.98. The summed E-state index contributed by atoms with van der Waals surface area (Å²) in [6, 6.07) is 12.6. The summed E-state index contributed by atoms with van der Waals surface area (Å²) in [4.78, 5) is 23.0. The molecule has 6 nitrogen and oxygen atoms in total. The Kier molecular flexibility index (Phi) is 4.92. The van der Waals surface area contributed by atoms with Crippen LogP contribution >= 0.6 is 0 Å². The fourth-order valence-electron chi connectivity index (χ4n) is 3.54. The second-order valence-electron chi connectivity index (χ2n) is 6.98. The molecule has 0 radical (unpaired) electrons. The lowest BCUT2D eigenvalue weighted by Crippen LogP contribution is -2.46. The Bertz CT molecular complexity index is 1020. The van der Waals surface area contributed by atoms with Gasteiger partial charge in [-0.3, -0.25) is 14.3 Å². The standard InChI is InChI=1S/C21H21FN4O2/c1-14-9-12-25-20(28)18(22)19(16-7-10-23-11-8-16)24-21(25)26(14)13-17(27)15-5-3-2-4-6-15/h2-8,10-11,14,17,27H,9,12-13H2,1H3. The number of aliphatic hydroxyl groups is 1. The molecule has 1 aliphatic heterocycles. The number of nitrogens with zero attached hydrogens (tertiary/aromatic N) is 4. The molecule has 0 amide bonds. The topological polar surface area (TPSA) is 71.2 Å². The van der Waals surface area contributed by atoms with Crippen LogP contribution in [-0.2, 0) is 6.54 Å². The highest BCUT2D eigenvalue weighted by atomic mass is 19.1. The van der Waals surface area contributed by atoms with Crippen LogP contribution in [0.5, 0.6) is 0 Å². The number of β-amino-alcohol motifs (C(OH)–C–C–N with tert-alkyl or cyclic N) is 1. The number of fused-ring (bicyclic) bond motifs is 1. The zero-order valence-electron chi connectivity index (χ0n) is 15.5. The normalized spacial score (nSPS) is 17.2. The SMILES string of the molecule is CC1CCn2c(nc(-c3ccncc3)c(F)c2=O)N1CC(O)c1ccccc1. The molecule has 4 rings (SSSR count). The Morgan fingerprint density at radius 1 is 1.21 bits per heavy atom. The third-order valence-corrected chi connectivity index (χ3v) is 5.16. The Balaban J connectivity index is 1.77. The van der Waals surface area contributed by atoms with E-state index in [1.165, 1.54) is 17.0 Å². The minimum Gasteiger partial charge on any atom is -0.387 e. The molecule has 2 atom stereocenters. The maximum absolute atomic E-state index is 14.7. The van der Waals surface area contributed by atoms with E-state index in [0.717, 1.165) is 5.56 Å². The molecule has 1 aromatic carbocycles. The van der Waals surface area contributed by atoms with E-state index in [4.69, 9.17) is 0 Å². The third kappa shape index (κ3) is 3.29. The van der Waals surface area contributed by atoms with Gasteiger partial charge in [-0.05, 0) is 31.0 Å². The van der Waals surface area contributed by atoms with Gasteiger partial charge in [-0.15, -0.1) is 0 Å². The van der Waals surface area contributed by atoms with E-state index >= 15 is 0 Å². The predicted octanol–water partition coefficient (Wildman–Crippen LogP) is 2.78. The zero-order chi connectivity index (χ0) is 19.7. The van der Waals surface area contributed by atoms with Gasteiger partial charge in [-0.25, -0.2) is 4.98 Å². The summed E-state index contributed by atoms with van der Waals surface area (Å²) in [6.45, 7) is 2.68. The molecule has 0 saturated heterocycles. The van der Waals surface area contributed by atoms with Gasteiger partial charge >= 0.3 is 0 Å². The lowest BCUT2D eigenvalue weighted by atomic mass is 10.1. The maximum Gasteiger partial charge on any atom is 0.291 e. The van der Waals surface area contributed by atoms with Gasteiger partial charge in [-0.2, -0.15) is 4.39 Å². The average Bonchev–Trinajstić information content (AvgIpc) is 2.73. The molecule has 0 fully saturated rings. The van der Waals surface area contributed by atoms with Crippen LogP contribution in [0.2, 0.25) is 0 Å². The Morgan fingerprint density at radius 2 is 1.93 bits per heavy atom. The van der Waals surface area contributed by atoms with Gasteiger partial charge in [0.05, 0.1) is 12.6 Å². The van der Waals surface area contributed by atoms with E-state index in [1.54, 1.807) is 12.1 Å². The van der Waals surface area contributed by atoms with Crippen molar-refractivity contribution in [1.82, 2.24) is 14.5 Å². The first kappa shape index (κ1) is 18.3. The summed E-state index contributed by atoms with van der Waals surface area (Å²) in [7, 11) is 0. The van der Waals surface area contributed by atoms with Gasteiger partial charge in [0.2, 0.25) is 11.8 Å². The van der Waals surface area contributed by atoms with Crippen molar-refractivity contribution >= 4 is 5.95 Å². The minimum atomic E-state index is -0.868. The van der Waals surface area contributed by atoms with E-state index < -0.39 is 17.5 Å². The van der Waals surface area contributed by atoms with Crippen LogP contribution < -0.4 is 10.5 Å². The Labute approximate surface area is 161 Å². The first-order chi connectivity index (χ1) is 13.6. The van der Waals surface area contributed by atoms with Gasteiger partial charge < -0.3 is 10.0 Å². The van der Waals surface area contributed by atoms with Crippen LogP contribution in [0.15, 0.2) is 59.7 Å². The molecule has 7 heteroatoms. The van der Waals surface area contributed by atoms with E-state index in [9.17, 15) is 14.3 Å². The van der Waals surface area contributed by atoms with Crippen molar-refractivity contribution < 1.29 is 9.50 Å². The van der Waals surface area contributed by atoms with Crippen molar-refractivity contribution in [1.29, 1.82) is 0 Å². The zero-order valence-corrected chi connectivity index (χ0v) is 15.5. The molecule has 0 bridgehead atoms. The molecule has 0 saturated carbocycles. The van der Waals surface area contributed by atoms with Gasteiger partial charge in [0.1, 0.15) is 5.69 Å². The summed E-state index contributed by atoms with van der Waals surface area (Å²) < 4.78 is 16.1. The summed E-state index contributed by atoms with van der Waals surface area (Å²) in [5, 5.41) is 10.7. The molecule has 0 spiro atoms. The molecule has 144 valence electrons. The number of pyridine rings is 1. The molecular weight excluding hydrogens is 359 g/mol. The van der Waals surface area contributed by atoms with Crippen LogP contribution in [0.1, 0.15) is 25.0 Å². The molecule has 2 unspecified atom stereocenters. The third-order valence-electron chi connectivity index (χ3n) is 5.16. The number of anilines is 1. The van der Waals surface area contributed by atoms with Crippen molar-refractivity contribution in [2.75, 3.05) is 11.4 Å². The highest BCUT2D eigenvalue weighted by molar-refractivity contribution is 5.60. The Hall–Kier alpha value is -3.06. The molecule has 2 aromatic heterocycles. The average molecular weight is 380 g/mol. The summed E-state index contributed by atoms with van der Waals surface area (Å²) >= 11 is 0. The smallest absolute Gasteiger partial charge is 0.291 e. The summed E-state index contributed by atoms with van der Waals surface area (Å²) in [5.74, 6) is -0.486. The first-order valence-corrected chi connectivity index (χ1v) is 9.26. The van der Waals surface area contributed by atoms with E-state index in [2.05, 4.69) is 9.97 Å². The highest BCUT2D eigenvalue weighted by Gasteiger charge is 2.30. The number of rotatable bonds is 4. The molecular formula is C21H21FN4O2. The highest BCUT2D eigenvalue weighted by Crippen LogP contribution is 2.28. The van der Waals surface area contributed by atoms with E-state index in [-0.39, 0.29) is 18.3 Å². The van der Waals surface area contributed by atoms with Gasteiger partial charge in [0.25, 0.3) is 5.56 Å². The molecule has 1 N–H and O–H groups in total. The molecule has 0 aliphatic carbocycles. The molecule has 28 heavy (non-hydrogen) atoms. The van der Waals surface area contributed by atoms with Crippen molar-refractivity contribution in [3.05, 3.63) is 76.6 Å². The molecule has 1 aliphatic rings. The molecule has 3 aromatic rings. The lowest BCUT2D eigenvalue weighted by molar-refractivity contribution is 0.177. The number of aliphatic hydroxyl groups excluding tert-OH is 1. The summed E-state index contributed by atoms with van der Waals surface area (Å²) in [6.07, 6.45) is 2.99. The first-order valence-electron chi connectivity index (χ1n) is 9.26. The van der Waals surface area contributed by atoms with Crippen LogP contribution in [0.3, 0.4) is 0 Å². The van der Waals surface area contributed by atoms with Crippen molar-refractivity contribution in [2.45, 2.75) is 32.0 Å². The fraction of sp³-hybridized carbons (Fsp3) is 0.286. The maximum atomic E-state index is 14.7. The largest absolute Gasteiger partial charge is 0.387 e. The van der Waals surface area contributed by atoms with Crippen molar-refractivity contribution in [3.63, 3.8) is 0 Å². The van der Waals surface area contributed by atoms with Crippen molar-refractivity contribution in [2.24, 2.45) is 0 Å². The number of hydrogen-bond donors (Lipinski definition) is 1. The minimum absolute atomic E-state index is 0.00644. The quantitative estimate of drug-likeness (QED) is 0.754. The van der Waals surface area contributed by atoms with Crippen molar-refractivity contribution in [3.8, 4) is 11.3 Å². The van der Waals surface area contributed by atoms with Crippen LogP contribution in [0.4, 0.5) is 10.3 Å². The van der Waals surface area contributed by atoms with E-state index in [0.29, 0.717) is 24.5 Å². The van der Waals surface area contributed by atoms with E-state index in [1.807, 2.05) is 42.2 Å². The number of hydrogen-bond acceptors (Lipinski definition) is 5.